The first-order chi connectivity index (χ1) is 10.5. The van der Waals surface area contributed by atoms with Gasteiger partial charge in [-0.2, -0.15) is 0 Å². The van der Waals surface area contributed by atoms with E-state index in [1.165, 1.54) is 0 Å². The number of anilines is 1. The minimum Gasteiger partial charge on any atom is -0.464 e. The molecule has 2 aromatic rings. The summed E-state index contributed by atoms with van der Waals surface area (Å²) >= 11 is 0. The van der Waals surface area contributed by atoms with E-state index in [4.69, 9.17) is 10.5 Å². The molecule has 0 radical (unpaired) electrons. The summed E-state index contributed by atoms with van der Waals surface area (Å²) in [6.45, 7) is 7.00. The van der Waals surface area contributed by atoms with Crippen LogP contribution in [0.1, 0.15) is 39.4 Å². The largest absolute Gasteiger partial charge is 0.464 e. The van der Waals surface area contributed by atoms with Gasteiger partial charge in [0.25, 0.3) is 0 Å². The number of carbonyl (C=O) groups excluding carboxylic acids is 1. The van der Waals surface area contributed by atoms with Gasteiger partial charge in [0.1, 0.15) is 17.9 Å². The lowest BCUT2D eigenvalue weighted by atomic mass is 10.1. The molecular weight excluding hydrogens is 278 g/mol. The van der Waals surface area contributed by atoms with Crippen LogP contribution < -0.4 is 5.73 Å². The molecule has 0 aliphatic heterocycles. The van der Waals surface area contributed by atoms with Gasteiger partial charge in [0, 0.05) is 6.42 Å². The maximum atomic E-state index is 12.0. The van der Waals surface area contributed by atoms with Gasteiger partial charge in [-0.1, -0.05) is 33.3 Å². The Balaban J connectivity index is 2.29. The molecule has 0 fully saturated rings. The molecule has 0 saturated heterocycles. The van der Waals surface area contributed by atoms with E-state index < -0.39 is 0 Å². The van der Waals surface area contributed by atoms with Gasteiger partial charge in [-0.05, 0) is 24.5 Å². The van der Waals surface area contributed by atoms with E-state index in [1.54, 1.807) is 0 Å². The monoisotopic (exact) mass is 303 g/mol. The Morgan fingerprint density at radius 2 is 2.18 bits per heavy atom. The molecule has 5 nitrogen and oxygen atoms in total. The third kappa shape index (κ3) is 3.78. The first-order valence-corrected chi connectivity index (χ1v) is 7.92. The van der Waals surface area contributed by atoms with Gasteiger partial charge in [-0.15, -0.1) is 0 Å². The number of aromatic nitrogens is 2. The Kier molecular flexibility index (Phi) is 5.41. The Hall–Kier alpha value is -2.04. The standard InChI is InChI=1S/C17H25N3O2/c1-4-5-9-22-16(21)11-20-14-8-6-7-13(18)17(14)19-15(20)10-12(2)3/h6-8,12H,4-5,9-11,18H2,1-3H3. The highest BCUT2D eigenvalue weighted by Gasteiger charge is 2.16. The Labute approximate surface area is 131 Å². The number of carbonyl (C=O) groups is 1. The highest BCUT2D eigenvalue weighted by atomic mass is 16.5. The van der Waals surface area contributed by atoms with Crippen molar-refractivity contribution in [1.29, 1.82) is 0 Å². The number of ether oxygens (including phenoxy) is 1. The van der Waals surface area contributed by atoms with E-state index in [-0.39, 0.29) is 12.5 Å². The molecule has 0 aliphatic rings. The average molecular weight is 303 g/mol. The fourth-order valence-electron chi connectivity index (χ4n) is 2.42. The van der Waals surface area contributed by atoms with E-state index >= 15 is 0 Å². The van der Waals surface area contributed by atoms with Crippen LogP contribution >= 0.6 is 0 Å². The minimum absolute atomic E-state index is 0.186. The molecular formula is C17H25N3O2. The fourth-order valence-corrected chi connectivity index (χ4v) is 2.42. The third-order valence-electron chi connectivity index (χ3n) is 3.53. The van der Waals surface area contributed by atoms with Crippen molar-refractivity contribution in [2.45, 2.75) is 46.6 Å². The lowest BCUT2D eigenvalue weighted by molar-refractivity contribution is -0.144. The zero-order chi connectivity index (χ0) is 16.1. The molecule has 120 valence electrons. The summed E-state index contributed by atoms with van der Waals surface area (Å²) in [7, 11) is 0. The molecule has 0 aliphatic carbocycles. The molecule has 0 saturated carbocycles. The molecule has 0 bridgehead atoms. The number of hydrogen-bond acceptors (Lipinski definition) is 4. The van der Waals surface area contributed by atoms with E-state index in [2.05, 4.69) is 25.8 Å². The van der Waals surface area contributed by atoms with Crippen molar-refractivity contribution in [2.75, 3.05) is 12.3 Å². The minimum atomic E-state index is -0.222. The van der Waals surface area contributed by atoms with Crippen LogP contribution in [-0.4, -0.2) is 22.1 Å². The molecule has 1 aromatic carbocycles. The summed E-state index contributed by atoms with van der Waals surface area (Å²) in [6.07, 6.45) is 2.70. The maximum Gasteiger partial charge on any atom is 0.326 e. The summed E-state index contributed by atoms with van der Waals surface area (Å²) in [5.74, 6) is 1.11. The SMILES string of the molecule is CCCCOC(=O)Cn1c(CC(C)C)nc2c(N)cccc21. The molecule has 0 atom stereocenters. The lowest BCUT2D eigenvalue weighted by Gasteiger charge is -2.10. The lowest BCUT2D eigenvalue weighted by Crippen LogP contribution is -2.17. The molecule has 0 unspecified atom stereocenters. The Morgan fingerprint density at radius 3 is 2.86 bits per heavy atom. The van der Waals surface area contributed by atoms with E-state index in [0.717, 1.165) is 36.1 Å². The van der Waals surface area contributed by atoms with Crippen LogP contribution in [0.25, 0.3) is 11.0 Å². The van der Waals surface area contributed by atoms with Crippen molar-refractivity contribution in [3.05, 3.63) is 24.0 Å². The summed E-state index contributed by atoms with van der Waals surface area (Å²) in [4.78, 5) is 16.7. The van der Waals surface area contributed by atoms with Crippen LogP contribution in [0.15, 0.2) is 18.2 Å². The van der Waals surface area contributed by atoms with Gasteiger partial charge < -0.3 is 15.0 Å². The summed E-state index contributed by atoms with van der Waals surface area (Å²) in [5.41, 5.74) is 8.30. The second-order valence-electron chi connectivity index (χ2n) is 6.00. The number of fused-ring (bicyclic) bond motifs is 1. The van der Waals surface area contributed by atoms with Crippen LogP contribution in [0.2, 0.25) is 0 Å². The highest BCUT2D eigenvalue weighted by Crippen LogP contribution is 2.23. The van der Waals surface area contributed by atoms with Gasteiger partial charge in [-0.25, -0.2) is 4.98 Å². The Bertz CT molecular complexity index is 647. The van der Waals surface area contributed by atoms with Gasteiger partial charge >= 0.3 is 5.97 Å². The van der Waals surface area contributed by atoms with Crippen molar-refractivity contribution >= 4 is 22.7 Å². The number of unbranched alkanes of at least 4 members (excludes halogenated alkanes) is 1. The molecule has 5 heteroatoms. The predicted octanol–water partition coefficient (Wildman–Crippen LogP) is 3.16. The number of imidazole rings is 1. The Morgan fingerprint density at radius 1 is 1.41 bits per heavy atom. The topological polar surface area (TPSA) is 70.1 Å². The van der Waals surface area contributed by atoms with Crippen LogP contribution in [0.5, 0.6) is 0 Å². The smallest absolute Gasteiger partial charge is 0.326 e. The average Bonchev–Trinajstić information content (AvgIpc) is 2.78. The van der Waals surface area contributed by atoms with E-state index in [9.17, 15) is 4.79 Å². The number of nitrogen functional groups attached to an aromatic ring is 1. The van der Waals surface area contributed by atoms with Gasteiger partial charge in [0.2, 0.25) is 0 Å². The quantitative estimate of drug-likeness (QED) is 0.484. The zero-order valence-electron chi connectivity index (χ0n) is 13.6. The second kappa shape index (κ2) is 7.29. The molecule has 0 amide bonds. The normalized spacial score (nSPS) is 11.3. The highest BCUT2D eigenvalue weighted by molar-refractivity contribution is 5.88. The summed E-state index contributed by atoms with van der Waals surface area (Å²) < 4.78 is 7.21. The van der Waals surface area contributed by atoms with E-state index in [0.29, 0.717) is 18.2 Å². The van der Waals surface area contributed by atoms with Crippen molar-refractivity contribution in [1.82, 2.24) is 9.55 Å². The number of benzene rings is 1. The number of nitrogens with two attached hydrogens (primary N) is 1. The first kappa shape index (κ1) is 16.3. The van der Waals surface area contributed by atoms with Crippen molar-refractivity contribution in [2.24, 2.45) is 5.92 Å². The van der Waals surface area contributed by atoms with Gasteiger partial charge in [-0.3, -0.25) is 4.79 Å². The third-order valence-corrected chi connectivity index (χ3v) is 3.53. The molecule has 2 N–H and O–H groups in total. The first-order valence-electron chi connectivity index (χ1n) is 7.92. The maximum absolute atomic E-state index is 12.0. The van der Waals surface area contributed by atoms with Crippen molar-refractivity contribution in [3.8, 4) is 0 Å². The molecule has 1 heterocycles. The molecule has 1 aromatic heterocycles. The summed E-state index contributed by atoms with van der Waals surface area (Å²) in [6, 6.07) is 5.66. The predicted molar refractivity (Wildman–Crippen MR) is 88.6 cm³/mol. The van der Waals surface area contributed by atoms with Crippen molar-refractivity contribution in [3.63, 3.8) is 0 Å². The number of esters is 1. The van der Waals surface area contributed by atoms with Crippen LogP contribution in [-0.2, 0) is 22.5 Å². The summed E-state index contributed by atoms with van der Waals surface area (Å²) in [5, 5.41) is 0. The van der Waals surface area contributed by atoms with Gasteiger partial charge in [0.15, 0.2) is 0 Å². The molecule has 2 rings (SSSR count). The van der Waals surface area contributed by atoms with Crippen LogP contribution in [0, 0.1) is 5.92 Å². The number of para-hydroxylation sites is 1. The van der Waals surface area contributed by atoms with Gasteiger partial charge in [0.05, 0.1) is 17.8 Å². The number of nitrogens with zero attached hydrogens (tertiary/aromatic N) is 2. The zero-order valence-corrected chi connectivity index (χ0v) is 13.6. The van der Waals surface area contributed by atoms with Crippen LogP contribution in [0.3, 0.4) is 0 Å². The number of hydrogen-bond donors (Lipinski definition) is 1. The van der Waals surface area contributed by atoms with Crippen molar-refractivity contribution < 1.29 is 9.53 Å². The van der Waals surface area contributed by atoms with E-state index in [1.807, 2.05) is 22.8 Å². The molecule has 0 spiro atoms. The fraction of sp³-hybridized carbons (Fsp3) is 0.529. The molecule has 22 heavy (non-hydrogen) atoms. The van der Waals surface area contributed by atoms with Crippen LogP contribution in [0.4, 0.5) is 5.69 Å². The number of rotatable bonds is 7. The second-order valence-corrected chi connectivity index (χ2v) is 6.00.